The van der Waals surface area contributed by atoms with Gasteiger partial charge in [-0.3, -0.25) is 15.1 Å². The van der Waals surface area contributed by atoms with E-state index in [4.69, 9.17) is 11.6 Å². The molecule has 2 N–H and O–H groups in total. The van der Waals surface area contributed by atoms with Gasteiger partial charge in [-0.25, -0.2) is 0 Å². The van der Waals surface area contributed by atoms with Crippen molar-refractivity contribution in [3.8, 4) is 0 Å². The average molecular weight is 266 g/mol. The highest BCUT2D eigenvalue weighted by Crippen LogP contribution is 2.24. The van der Waals surface area contributed by atoms with Crippen molar-refractivity contribution in [1.29, 1.82) is 0 Å². The molecule has 0 aromatic heterocycles. The summed E-state index contributed by atoms with van der Waals surface area (Å²) in [5.74, 6) is 0.861. The van der Waals surface area contributed by atoms with E-state index >= 15 is 0 Å². The standard InChI is InChI=1S/C13H16ClN3O/c1-8(2)7-15-13-16-11(12(18)17-13)9-5-3-4-6-10(9)14/h3-6,8,11H,7H2,1-2H3,(H2,15,16,17,18). The molecule has 96 valence electrons. The summed E-state index contributed by atoms with van der Waals surface area (Å²) < 4.78 is 0. The Morgan fingerprint density at radius 2 is 2.11 bits per heavy atom. The van der Waals surface area contributed by atoms with E-state index in [1.54, 1.807) is 6.07 Å². The Kier molecular flexibility index (Phi) is 3.87. The summed E-state index contributed by atoms with van der Waals surface area (Å²) >= 11 is 6.08. The van der Waals surface area contributed by atoms with E-state index < -0.39 is 6.04 Å². The third-order valence-electron chi connectivity index (χ3n) is 2.62. The molecule has 5 heteroatoms. The lowest BCUT2D eigenvalue weighted by atomic mass is 10.1. The topological polar surface area (TPSA) is 53.5 Å². The van der Waals surface area contributed by atoms with Crippen molar-refractivity contribution in [3.05, 3.63) is 34.9 Å². The summed E-state index contributed by atoms with van der Waals surface area (Å²) in [5.41, 5.74) is 0.770. The van der Waals surface area contributed by atoms with E-state index in [2.05, 4.69) is 29.5 Å². The van der Waals surface area contributed by atoms with Crippen molar-refractivity contribution in [2.75, 3.05) is 6.54 Å². The second-order valence-corrected chi connectivity index (χ2v) is 5.08. The first-order chi connectivity index (χ1) is 8.58. The Hall–Kier alpha value is -1.55. The first-order valence-electron chi connectivity index (χ1n) is 5.94. The maximum Gasteiger partial charge on any atom is 0.253 e. The van der Waals surface area contributed by atoms with Gasteiger partial charge in [-0.05, 0) is 12.0 Å². The van der Waals surface area contributed by atoms with Gasteiger partial charge < -0.3 is 5.32 Å². The quantitative estimate of drug-likeness (QED) is 0.880. The second-order valence-electron chi connectivity index (χ2n) is 4.67. The predicted molar refractivity (Wildman–Crippen MR) is 72.6 cm³/mol. The lowest BCUT2D eigenvalue weighted by Crippen LogP contribution is -2.26. The molecule has 0 spiro atoms. The molecule has 1 aliphatic heterocycles. The zero-order valence-corrected chi connectivity index (χ0v) is 11.2. The van der Waals surface area contributed by atoms with Gasteiger partial charge in [0.25, 0.3) is 5.91 Å². The van der Waals surface area contributed by atoms with Gasteiger partial charge >= 0.3 is 0 Å². The molecule has 0 radical (unpaired) electrons. The van der Waals surface area contributed by atoms with Crippen LogP contribution in [0.5, 0.6) is 0 Å². The summed E-state index contributed by atoms with van der Waals surface area (Å²) in [6.07, 6.45) is 0. The number of guanidine groups is 1. The van der Waals surface area contributed by atoms with Crippen LogP contribution in [0.2, 0.25) is 5.02 Å². The van der Waals surface area contributed by atoms with Crippen molar-refractivity contribution in [2.45, 2.75) is 19.9 Å². The Labute approximate surface area is 111 Å². The van der Waals surface area contributed by atoms with Crippen LogP contribution in [0.4, 0.5) is 0 Å². The molecule has 1 amide bonds. The largest absolute Gasteiger partial charge is 0.340 e. The van der Waals surface area contributed by atoms with Gasteiger partial charge in [0.1, 0.15) is 6.04 Å². The van der Waals surface area contributed by atoms with Gasteiger partial charge in [-0.1, -0.05) is 43.6 Å². The molecule has 1 aromatic carbocycles. The van der Waals surface area contributed by atoms with Gasteiger partial charge in [0, 0.05) is 17.1 Å². The molecule has 1 saturated heterocycles. The number of carbonyl (C=O) groups excluding carboxylic acids is 1. The highest BCUT2D eigenvalue weighted by molar-refractivity contribution is 6.31. The van der Waals surface area contributed by atoms with Crippen LogP contribution in [0, 0.1) is 5.92 Å². The fraction of sp³-hybridized carbons (Fsp3) is 0.385. The van der Waals surface area contributed by atoms with Crippen LogP contribution < -0.4 is 10.6 Å². The molecular formula is C13H16ClN3O. The maximum absolute atomic E-state index is 11.9. The number of carbonyl (C=O) groups is 1. The van der Waals surface area contributed by atoms with Gasteiger partial charge in [0.05, 0.1) is 0 Å². The van der Waals surface area contributed by atoms with Crippen molar-refractivity contribution in [1.82, 2.24) is 10.6 Å². The van der Waals surface area contributed by atoms with E-state index in [0.29, 0.717) is 23.4 Å². The molecule has 0 bridgehead atoms. The number of benzene rings is 1. The van der Waals surface area contributed by atoms with Crippen LogP contribution in [-0.4, -0.2) is 18.4 Å². The lowest BCUT2D eigenvalue weighted by Gasteiger charge is -2.09. The summed E-state index contributed by atoms with van der Waals surface area (Å²) in [7, 11) is 0. The summed E-state index contributed by atoms with van der Waals surface area (Å²) in [6.45, 7) is 4.83. The Morgan fingerprint density at radius 1 is 1.39 bits per heavy atom. The maximum atomic E-state index is 11.9. The number of nitrogens with zero attached hydrogens (tertiary/aromatic N) is 1. The lowest BCUT2D eigenvalue weighted by molar-refractivity contribution is -0.120. The third-order valence-corrected chi connectivity index (χ3v) is 2.96. The van der Waals surface area contributed by atoms with Crippen molar-refractivity contribution in [3.63, 3.8) is 0 Å². The summed E-state index contributed by atoms with van der Waals surface area (Å²) in [6, 6.07) is 6.86. The van der Waals surface area contributed by atoms with Crippen LogP contribution in [0.3, 0.4) is 0 Å². The zero-order valence-electron chi connectivity index (χ0n) is 10.4. The Morgan fingerprint density at radius 3 is 2.78 bits per heavy atom. The third kappa shape index (κ3) is 2.82. The molecular weight excluding hydrogens is 250 g/mol. The molecule has 2 rings (SSSR count). The van der Waals surface area contributed by atoms with Crippen LogP contribution in [-0.2, 0) is 4.79 Å². The molecule has 1 fully saturated rings. The first kappa shape index (κ1) is 12.9. The van der Waals surface area contributed by atoms with E-state index in [9.17, 15) is 4.79 Å². The van der Waals surface area contributed by atoms with Crippen molar-refractivity contribution >= 4 is 23.5 Å². The van der Waals surface area contributed by atoms with Gasteiger partial charge in [-0.15, -0.1) is 0 Å². The minimum absolute atomic E-state index is 0.120. The van der Waals surface area contributed by atoms with Crippen LogP contribution in [0.15, 0.2) is 29.3 Å². The highest BCUT2D eigenvalue weighted by atomic mass is 35.5. The summed E-state index contributed by atoms with van der Waals surface area (Å²) in [4.78, 5) is 16.2. The number of nitrogens with one attached hydrogen (secondary N) is 2. The van der Waals surface area contributed by atoms with Crippen LogP contribution in [0.25, 0.3) is 0 Å². The molecule has 1 unspecified atom stereocenters. The van der Waals surface area contributed by atoms with Gasteiger partial charge in [0.2, 0.25) is 0 Å². The number of rotatable bonds is 3. The molecule has 4 nitrogen and oxygen atoms in total. The molecule has 18 heavy (non-hydrogen) atoms. The molecule has 1 heterocycles. The Bertz CT molecular complexity index is 485. The van der Waals surface area contributed by atoms with Crippen molar-refractivity contribution in [2.24, 2.45) is 10.9 Å². The minimum Gasteiger partial charge on any atom is -0.340 e. The fourth-order valence-electron chi connectivity index (χ4n) is 1.71. The normalized spacial score (nSPS) is 21.2. The highest BCUT2D eigenvalue weighted by Gasteiger charge is 2.30. The molecule has 1 aliphatic rings. The second kappa shape index (κ2) is 5.40. The number of hydrogen-bond acceptors (Lipinski definition) is 2. The van der Waals surface area contributed by atoms with E-state index in [1.807, 2.05) is 18.2 Å². The smallest absolute Gasteiger partial charge is 0.253 e. The van der Waals surface area contributed by atoms with Crippen LogP contribution in [0.1, 0.15) is 25.5 Å². The number of amides is 1. The molecule has 1 aromatic rings. The van der Waals surface area contributed by atoms with E-state index in [1.165, 1.54) is 0 Å². The number of aliphatic imine (C=N–C) groups is 1. The zero-order chi connectivity index (χ0) is 13.1. The number of hydrogen-bond donors (Lipinski definition) is 2. The summed E-state index contributed by atoms with van der Waals surface area (Å²) in [5, 5.41) is 6.36. The van der Waals surface area contributed by atoms with Crippen molar-refractivity contribution < 1.29 is 4.79 Å². The first-order valence-corrected chi connectivity index (χ1v) is 6.32. The predicted octanol–water partition coefficient (Wildman–Crippen LogP) is 2.11. The van der Waals surface area contributed by atoms with E-state index in [-0.39, 0.29) is 5.91 Å². The average Bonchev–Trinajstić information content (AvgIpc) is 2.69. The Balaban J connectivity index is 2.15. The molecule has 0 aliphatic carbocycles. The van der Waals surface area contributed by atoms with E-state index in [0.717, 1.165) is 5.56 Å². The number of halogens is 1. The monoisotopic (exact) mass is 265 g/mol. The molecule has 0 saturated carbocycles. The van der Waals surface area contributed by atoms with Gasteiger partial charge in [-0.2, -0.15) is 0 Å². The fourth-order valence-corrected chi connectivity index (χ4v) is 1.96. The SMILES string of the molecule is CC(C)CN=C1NC(=O)C(c2ccccc2Cl)N1. The van der Waals surface area contributed by atoms with Crippen LogP contribution >= 0.6 is 11.6 Å². The van der Waals surface area contributed by atoms with Gasteiger partial charge in [0.15, 0.2) is 5.96 Å². The molecule has 1 atom stereocenters. The minimum atomic E-state index is -0.454.